The van der Waals surface area contributed by atoms with E-state index in [0.717, 1.165) is 22.2 Å². The lowest BCUT2D eigenvalue weighted by molar-refractivity contribution is -0.123. The second-order valence-electron chi connectivity index (χ2n) is 7.98. The van der Waals surface area contributed by atoms with Crippen molar-refractivity contribution < 1.29 is 28.5 Å². The van der Waals surface area contributed by atoms with Crippen LogP contribution in [0.25, 0.3) is 6.08 Å². The molecule has 1 fully saturated rings. The monoisotopic (exact) mass is 577 g/mol. The first-order chi connectivity index (χ1) is 17.8. The molecule has 0 radical (unpaired) electrons. The van der Waals surface area contributed by atoms with Crippen molar-refractivity contribution in [2.24, 2.45) is 0 Å². The summed E-state index contributed by atoms with van der Waals surface area (Å²) in [6.45, 7) is 0.280. The second kappa shape index (κ2) is 10.8. The Balaban J connectivity index is 1.35. The van der Waals surface area contributed by atoms with Crippen LogP contribution < -0.4 is 18.9 Å². The van der Waals surface area contributed by atoms with Gasteiger partial charge in [-0.1, -0.05) is 53.0 Å². The molecule has 1 saturated heterocycles. The molecule has 0 atom stereocenters. The van der Waals surface area contributed by atoms with E-state index in [1.54, 1.807) is 36.4 Å². The summed E-state index contributed by atoms with van der Waals surface area (Å²) in [6, 6.07) is 13.9. The topological polar surface area (TPSA) is 74.3 Å². The normalized spacial score (nSPS) is 15.6. The Morgan fingerprint density at radius 3 is 2.49 bits per heavy atom. The van der Waals surface area contributed by atoms with Crippen LogP contribution in [0.2, 0.25) is 15.1 Å². The lowest BCUT2D eigenvalue weighted by Crippen LogP contribution is -2.27. The van der Waals surface area contributed by atoms with Crippen LogP contribution in [-0.2, 0) is 17.9 Å². The molecule has 2 heterocycles. The Morgan fingerprint density at radius 1 is 0.973 bits per heavy atom. The zero-order valence-corrected chi connectivity index (χ0v) is 22.3. The molecule has 0 spiro atoms. The van der Waals surface area contributed by atoms with Crippen molar-refractivity contribution in [3.63, 3.8) is 0 Å². The molecule has 2 aliphatic heterocycles. The molecule has 3 aromatic carbocycles. The molecule has 7 nitrogen and oxygen atoms in total. The van der Waals surface area contributed by atoms with E-state index in [1.807, 2.05) is 18.2 Å². The van der Waals surface area contributed by atoms with Gasteiger partial charge < -0.3 is 18.9 Å². The fourth-order valence-electron chi connectivity index (χ4n) is 3.77. The van der Waals surface area contributed by atoms with Crippen molar-refractivity contribution in [2.75, 3.05) is 13.9 Å². The quantitative estimate of drug-likeness (QED) is 0.275. The second-order valence-corrected chi connectivity index (χ2v) is 10.2. The Labute approximate surface area is 231 Å². The summed E-state index contributed by atoms with van der Waals surface area (Å²) >= 11 is 19.9. The van der Waals surface area contributed by atoms with Crippen molar-refractivity contribution in [3.8, 4) is 23.0 Å². The van der Waals surface area contributed by atoms with Crippen LogP contribution >= 0.6 is 46.6 Å². The number of carbonyl (C=O) groups is 2. The van der Waals surface area contributed by atoms with Gasteiger partial charge in [-0.05, 0) is 53.2 Å². The number of hydrogen-bond acceptors (Lipinski definition) is 7. The summed E-state index contributed by atoms with van der Waals surface area (Å²) in [5, 5.41) is 0.815. The van der Waals surface area contributed by atoms with Gasteiger partial charge in [-0.15, -0.1) is 0 Å². The van der Waals surface area contributed by atoms with Gasteiger partial charge in [0.25, 0.3) is 11.1 Å². The molecule has 11 heteroatoms. The summed E-state index contributed by atoms with van der Waals surface area (Å²) in [5.41, 5.74) is 1.93. The highest BCUT2D eigenvalue weighted by molar-refractivity contribution is 8.18. The lowest BCUT2D eigenvalue weighted by atomic mass is 10.1. The van der Waals surface area contributed by atoms with Crippen LogP contribution in [0.15, 0.2) is 53.4 Å². The maximum atomic E-state index is 13.1. The predicted molar refractivity (Wildman–Crippen MR) is 143 cm³/mol. The van der Waals surface area contributed by atoms with E-state index in [9.17, 15) is 9.59 Å². The number of fused-ring (bicyclic) bond motifs is 1. The van der Waals surface area contributed by atoms with Crippen molar-refractivity contribution in [1.29, 1.82) is 0 Å². The van der Waals surface area contributed by atoms with Crippen molar-refractivity contribution in [2.45, 2.75) is 13.2 Å². The minimum atomic E-state index is -0.446. The molecule has 2 aliphatic rings. The largest absolute Gasteiger partial charge is 0.493 e. The molecule has 190 valence electrons. The average molecular weight is 579 g/mol. The van der Waals surface area contributed by atoms with Gasteiger partial charge in [-0.25, -0.2) is 0 Å². The average Bonchev–Trinajstić information content (AvgIpc) is 3.43. The third kappa shape index (κ3) is 5.33. The molecule has 3 aromatic rings. The molecule has 0 unspecified atom stereocenters. The van der Waals surface area contributed by atoms with Gasteiger partial charge >= 0.3 is 0 Å². The standard InChI is InChI=1S/C26H18Cl3NO6S/c1-33-22-7-14(6-19(29)24(22)34-12-15-4-2-3-5-17(15)27)8-23-25(31)30(26(32)37-23)11-16-9-20-21(10-18(16)28)36-13-35-20/h2-10H,11-13H2,1H3/b23-8-. The maximum Gasteiger partial charge on any atom is 0.293 e. The summed E-state index contributed by atoms with van der Waals surface area (Å²) in [6.07, 6.45) is 1.58. The Morgan fingerprint density at radius 2 is 1.73 bits per heavy atom. The summed E-state index contributed by atoms with van der Waals surface area (Å²) in [4.78, 5) is 27.1. The molecular weight excluding hydrogens is 561 g/mol. The summed E-state index contributed by atoms with van der Waals surface area (Å²) in [5.74, 6) is 1.30. The van der Waals surface area contributed by atoms with Gasteiger partial charge in [-0.3, -0.25) is 14.5 Å². The smallest absolute Gasteiger partial charge is 0.293 e. The number of methoxy groups -OCH3 is 1. The molecule has 0 bridgehead atoms. The summed E-state index contributed by atoms with van der Waals surface area (Å²) in [7, 11) is 1.49. The zero-order chi connectivity index (χ0) is 26.1. The molecular formula is C26H18Cl3NO6S. The highest BCUT2D eigenvalue weighted by Gasteiger charge is 2.36. The number of thioether (sulfide) groups is 1. The zero-order valence-electron chi connectivity index (χ0n) is 19.3. The number of amides is 2. The third-order valence-corrected chi connectivity index (χ3v) is 7.53. The minimum Gasteiger partial charge on any atom is -0.493 e. The fraction of sp³-hybridized carbons (Fsp3) is 0.154. The minimum absolute atomic E-state index is 0.00359. The molecule has 0 saturated carbocycles. The van der Waals surface area contributed by atoms with E-state index in [-0.39, 0.29) is 29.9 Å². The van der Waals surface area contributed by atoms with E-state index in [2.05, 4.69) is 0 Å². The van der Waals surface area contributed by atoms with Crippen LogP contribution in [0.3, 0.4) is 0 Å². The maximum absolute atomic E-state index is 13.1. The van der Waals surface area contributed by atoms with E-state index in [0.29, 0.717) is 44.2 Å². The Bertz CT molecular complexity index is 1440. The van der Waals surface area contributed by atoms with Crippen LogP contribution in [0, 0.1) is 0 Å². The van der Waals surface area contributed by atoms with Crippen molar-refractivity contribution in [1.82, 2.24) is 4.90 Å². The molecule has 0 aliphatic carbocycles. The molecule has 0 aromatic heterocycles. The van der Waals surface area contributed by atoms with E-state index < -0.39 is 11.1 Å². The van der Waals surface area contributed by atoms with Gasteiger partial charge in [0.1, 0.15) is 6.61 Å². The SMILES string of the molecule is COc1cc(/C=C2\SC(=O)N(Cc3cc4c(cc3Cl)OCO4)C2=O)cc(Cl)c1OCc1ccccc1Cl. The molecule has 2 amide bonds. The number of hydrogen-bond donors (Lipinski definition) is 0. The third-order valence-electron chi connectivity index (χ3n) is 5.62. The van der Waals surface area contributed by atoms with Crippen LogP contribution in [0.5, 0.6) is 23.0 Å². The highest BCUT2D eigenvalue weighted by Crippen LogP contribution is 2.41. The highest BCUT2D eigenvalue weighted by atomic mass is 35.5. The van der Waals surface area contributed by atoms with Crippen LogP contribution in [-0.4, -0.2) is 29.9 Å². The Kier molecular flexibility index (Phi) is 7.44. The number of rotatable bonds is 7. The first-order valence-corrected chi connectivity index (χ1v) is 12.9. The number of nitrogens with zero attached hydrogens (tertiary/aromatic N) is 1. The number of ether oxygens (including phenoxy) is 4. The fourth-order valence-corrected chi connectivity index (χ4v) is 5.28. The van der Waals surface area contributed by atoms with Gasteiger partial charge in [0.05, 0.1) is 23.6 Å². The molecule has 5 rings (SSSR count). The van der Waals surface area contributed by atoms with E-state index >= 15 is 0 Å². The van der Waals surface area contributed by atoms with Crippen LogP contribution in [0.1, 0.15) is 16.7 Å². The number of carbonyl (C=O) groups excluding carboxylic acids is 2. The Hall–Kier alpha value is -3.04. The molecule has 0 N–H and O–H groups in total. The van der Waals surface area contributed by atoms with Gasteiger partial charge in [0.2, 0.25) is 6.79 Å². The first kappa shape index (κ1) is 25.6. The lowest BCUT2D eigenvalue weighted by Gasteiger charge is -2.15. The summed E-state index contributed by atoms with van der Waals surface area (Å²) < 4.78 is 22.0. The van der Waals surface area contributed by atoms with Crippen molar-refractivity contribution in [3.05, 3.63) is 85.2 Å². The van der Waals surface area contributed by atoms with Crippen molar-refractivity contribution >= 4 is 63.8 Å². The number of imide groups is 1. The predicted octanol–water partition coefficient (Wildman–Crippen LogP) is 7.20. The first-order valence-electron chi connectivity index (χ1n) is 10.9. The van der Waals surface area contributed by atoms with Gasteiger partial charge in [0, 0.05) is 21.7 Å². The van der Waals surface area contributed by atoms with Gasteiger partial charge in [0.15, 0.2) is 23.0 Å². The van der Waals surface area contributed by atoms with E-state index in [1.165, 1.54) is 7.11 Å². The van der Waals surface area contributed by atoms with Crippen LogP contribution in [0.4, 0.5) is 4.79 Å². The number of halogens is 3. The van der Waals surface area contributed by atoms with Gasteiger partial charge in [-0.2, -0.15) is 0 Å². The van der Waals surface area contributed by atoms with E-state index in [4.69, 9.17) is 53.8 Å². The number of benzene rings is 3. The molecule has 37 heavy (non-hydrogen) atoms.